The number of nitrogens with zero attached hydrogens (tertiary/aromatic N) is 1. The highest BCUT2D eigenvalue weighted by Crippen LogP contribution is 2.34. The Balaban J connectivity index is 1.65. The van der Waals surface area contributed by atoms with Crippen LogP contribution in [-0.2, 0) is 6.54 Å². The molecule has 2 unspecified atom stereocenters. The number of imidazole rings is 1. The third kappa shape index (κ3) is 2.31. The molecule has 1 saturated carbocycles. The second kappa shape index (κ2) is 3.92. The van der Waals surface area contributed by atoms with Gasteiger partial charge in [0.2, 0.25) is 0 Å². The molecule has 0 saturated heterocycles. The lowest BCUT2D eigenvalue weighted by molar-refractivity contribution is 0.595. The fourth-order valence-corrected chi connectivity index (χ4v) is 1.81. The largest absolute Gasteiger partial charge is 0.347 e. The second-order valence-electron chi connectivity index (χ2n) is 3.85. The number of H-pyrrole nitrogens is 1. The maximum Gasteiger partial charge on any atom is 0.0922 e. The molecule has 0 radical (unpaired) electrons. The van der Waals surface area contributed by atoms with Crippen LogP contribution in [0.25, 0.3) is 0 Å². The fourth-order valence-electron chi connectivity index (χ4n) is 1.81. The molecule has 1 aliphatic rings. The summed E-state index contributed by atoms with van der Waals surface area (Å²) in [6.45, 7) is 3.19. The van der Waals surface area contributed by atoms with Gasteiger partial charge in [0.05, 0.1) is 6.33 Å². The SMILES string of the molecule is CCCC1CC1NCc1cnc[nH]1. The molecule has 1 fully saturated rings. The molecular weight excluding hydrogens is 162 g/mol. The van der Waals surface area contributed by atoms with E-state index in [-0.39, 0.29) is 0 Å². The Morgan fingerprint density at radius 3 is 3.31 bits per heavy atom. The Kier molecular flexibility index (Phi) is 2.64. The van der Waals surface area contributed by atoms with Crippen molar-refractivity contribution >= 4 is 0 Å². The minimum atomic E-state index is 0.767. The number of rotatable bonds is 5. The number of aromatic amines is 1. The van der Waals surface area contributed by atoms with Crippen LogP contribution in [0.5, 0.6) is 0 Å². The lowest BCUT2D eigenvalue weighted by Crippen LogP contribution is -2.17. The van der Waals surface area contributed by atoms with Crippen LogP contribution in [0.15, 0.2) is 12.5 Å². The summed E-state index contributed by atoms with van der Waals surface area (Å²) in [5, 5.41) is 3.52. The normalized spacial score (nSPS) is 26.2. The van der Waals surface area contributed by atoms with E-state index >= 15 is 0 Å². The van der Waals surface area contributed by atoms with Gasteiger partial charge in [-0.2, -0.15) is 0 Å². The summed E-state index contributed by atoms with van der Waals surface area (Å²) in [4.78, 5) is 7.07. The molecule has 72 valence electrons. The lowest BCUT2D eigenvalue weighted by Gasteiger charge is -2.00. The van der Waals surface area contributed by atoms with Gasteiger partial charge < -0.3 is 10.3 Å². The van der Waals surface area contributed by atoms with E-state index in [1.807, 2.05) is 6.20 Å². The van der Waals surface area contributed by atoms with Crippen molar-refractivity contribution in [3.8, 4) is 0 Å². The summed E-state index contributed by atoms with van der Waals surface area (Å²) in [6.07, 6.45) is 7.66. The van der Waals surface area contributed by atoms with E-state index in [9.17, 15) is 0 Å². The minimum absolute atomic E-state index is 0.767. The average molecular weight is 179 g/mol. The third-order valence-corrected chi connectivity index (χ3v) is 2.69. The number of hydrogen-bond acceptors (Lipinski definition) is 2. The van der Waals surface area contributed by atoms with E-state index < -0.39 is 0 Å². The van der Waals surface area contributed by atoms with Crippen LogP contribution >= 0.6 is 0 Å². The first-order valence-corrected chi connectivity index (χ1v) is 5.10. The molecule has 1 aromatic heterocycles. The van der Waals surface area contributed by atoms with Gasteiger partial charge in [0, 0.05) is 24.5 Å². The molecule has 0 aromatic carbocycles. The van der Waals surface area contributed by atoms with Gasteiger partial charge >= 0.3 is 0 Å². The zero-order chi connectivity index (χ0) is 9.10. The molecule has 1 aromatic rings. The van der Waals surface area contributed by atoms with Crippen LogP contribution in [0.4, 0.5) is 0 Å². The average Bonchev–Trinajstić information content (AvgIpc) is 2.66. The van der Waals surface area contributed by atoms with Crippen molar-refractivity contribution in [3.05, 3.63) is 18.2 Å². The molecule has 13 heavy (non-hydrogen) atoms. The van der Waals surface area contributed by atoms with Crippen molar-refractivity contribution in [2.24, 2.45) is 5.92 Å². The maximum atomic E-state index is 3.98. The van der Waals surface area contributed by atoms with Gasteiger partial charge in [-0.15, -0.1) is 0 Å². The van der Waals surface area contributed by atoms with Crippen LogP contribution in [0.1, 0.15) is 31.9 Å². The smallest absolute Gasteiger partial charge is 0.0922 e. The molecule has 3 heteroatoms. The van der Waals surface area contributed by atoms with Crippen LogP contribution in [0, 0.1) is 5.92 Å². The van der Waals surface area contributed by atoms with Crippen molar-refractivity contribution in [3.63, 3.8) is 0 Å². The van der Waals surface area contributed by atoms with Crippen LogP contribution < -0.4 is 5.32 Å². The first kappa shape index (κ1) is 8.75. The monoisotopic (exact) mass is 179 g/mol. The predicted octanol–water partition coefficient (Wildman–Crippen LogP) is 1.69. The van der Waals surface area contributed by atoms with E-state index in [1.165, 1.54) is 25.0 Å². The molecule has 0 spiro atoms. The standard InChI is InChI=1S/C10H17N3/c1-2-3-8-4-10(8)12-6-9-5-11-7-13-9/h5,7-8,10,12H,2-4,6H2,1H3,(H,11,13). The second-order valence-corrected chi connectivity index (χ2v) is 3.85. The Hall–Kier alpha value is -0.830. The molecule has 1 aliphatic carbocycles. The van der Waals surface area contributed by atoms with E-state index in [0.29, 0.717) is 0 Å². The molecule has 0 aliphatic heterocycles. The molecule has 3 nitrogen and oxygen atoms in total. The number of nitrogens with one attached hydrogen (secondary N) is 2. The van der Waals surface area contributed by atoms with Crippen molar-refractivity contribution in [1.29, 1.82) is 0 Å². The summed E-state index contributed by atoms with van der Waals surface area (Å²) in [5.41, 5.74) is 1.18. The molecule has 2 rings (SSSR count). The van der Waals surface area contributed by atoms with E-state index in [2.05, 4.69) is 22.2 Å². The Morgan fingerprint density at radius 2 is 2.62 bits per heavy atom. The fraction of sp³-hybridized carbons (Fsp3) is 0.700. The Bertz CT molecular complexity index is 243. The molecular formula is C10H17N3. The zero-order valence-electron chi connectivity index (χ0n) is 8.09. The zero-order valence-corrected chi connectivity index (χ0v) is 8.09. The highest BCUT2D eigenvalue weighted by molar-refractivity contribution is 4.98. The Labute approximate surface area is 79.0 Å². The minimum Gasteiger partial charge on any atom is -0.347 e. The highest BCUT2D eigenvalue weighted by atomic mass is 15.0. The summed E-state index contributed by atoms with van der Waals surface area (Å²) in [5.74, 6) is 0.938. The summed E-state index contributed by atoms with van der Waals surface area (Å²) in [6, 6.07) is 0.767. The van der Waals surface area contributed by atoms with Gasteiger partial charge in [0.1, 0.15) is 0 Å². The van der Waals surface area contributed by atoms with Gasteiger partial charge in [0.25, 0.3) is 0 Å². The number of aromatic nitrogens is 2. The Morgan fingerprint density at radius 1 is 1.69 bits per heavy atom. The van der Waals surface area contributed by atoms with E-state index in [0.717, 1.165) is 18.5 Å². The summed E-state index contributed by atoms with van der Waals surface area (Å²) < 4.78 is 0. The van der Waals surface area contributed by atoms with Crippen LogP contribution in [0.3, 0.4) is 0 Å². The van der Waals surface area contributed by atoms with Gasteiger partial charge in [-0.3, -0.25) is 0 Å². The van der Waals surface area contributed by atoms with Crippen LogP contribution in [-0.4, -0.2) is 16.0 Å². The molecule has 0 bridgehead atoms. The number of hydrogen-bond donors (Lipinski definition) is 2. The van der Waals surface area contributed by atoms with Gasteiger partial charge in [-0.1, -0.05) is 13.3 Å². The topological polar surface area (TPSA) is 40.7 Å². The third-order valence-electron chi connectivity index (χ3n) is 2.69. The summed E-state index contributed by atoms with van der Waals surface area (Å²) >= 11 is 0. The highest BCUT2D eigenvalue weighted by Gasteiger charge is 2.35. The molecule has 2 atom stereocenters. The molecule has 1 heterocycles. The summed E-state index contributed by atoms with van der Waals surface area (Å²) in [7, 11) is 0. The molecule has 0 amide bonds. The van der Waals surface area contributed by atoms with E-state index in [1.54, 1.807) is 6.33 Å². The first-order valence-electron chi connectivity index (χ1n) is 5.10. The van der Waals surface area contributed by atoms with E-state index in [4.69, 9.17) is 0 Å². The quantitative estimate of drug-likeness (QED) is 0.722. The maximum absolute atomic E-state index is 3.98. The van der Waals surface area contributed by atoms with Gasteiger partial charge in [0.15, 0.2) is 0 Å². The van der Waals surface area contributed by atoms with Crippen LogP contribution in [0.2, 0.25) is 0 Å². The molecule has 2 N–H and O–H groups in total. The van der Waals surface area contributed by atoms with Crippen molar-refractivity contribution in [2.75, 3.05) is 0 Å². The predicted molar refractivity (Wildman–Crippen MR) is 52.2 cm³/mol. The lowest BCUT2D eigenvalue weighted by atomic mass is 10.2. The first-order chi connectivity index (χ1) is 6.40. The van der Waals surface area contributed by atoms with Gasteiger partial charge in [-0.05, 0) is 18.8 Å². The van der Waals surface area contributed by atoms with Crippen molar-refractivity contribution < 1.29 is 0 Å². The van der Waals surface area contributed by atoms with Crippen molar-refractivity contribution in [1.82, 2.24) is 15.3 Å². The van der Waals surface area contributed by atoms with Crippen molar-refractivity contribution in [2.45, 2.75) is 38.8 Å². The van der Waals surface area contributed by atoms with Gasteiger partial charge in [-0.25, -0.2) is 4.98 Å².